The molecule has 3 heterocycles. The fourth-order valence-corrected chi connectivity index (χ4v) is 3.70. The molecular weight excluding hydrogens is 382 g/mol. The molecule has 3 aromatic rings. The van der Waals surface area contributed by atoms with E-state index in [0.717, 1.165) is 23.5 Å². The molecular formula is C22H29N5O3. The molecule has 8 heteroatoms. The number of carbonyl (C=O) groups excluding carboxylic acids is 1. The van der Waals surface area contributed by atoms with Gasteiger partial charge in [-0.05, 0) is 51.8 Å². The van der Waals surface area contributed by atoms with Gasteiger partial charge in [-0.15, -0.1) is 0 Å². The summed E-state index contributed by atoms with van der Waals surface area (Å²) in [5, 5.41) is 7.91. The highest BCUT2D eigenvalue weighted by molar-refractivity contribution is 5.98. The number of ether oxygens (including phenoxy) is 1. The number of nitrogens with zero attached hydrogens (tertiary/aromatic N) is 4. The second kappa shape index (κ2) is 9.21. The molecule has 0 aliphatic heterocycles. The van der Waals surface area contributed by atoms with Gasteiger partial charge in [0.05, 0.1) is 34.5 Å². The maximum atomic E-state index is 12.8. The molecule has 160 valence electrons. The molecule has 0 spiro atoms. The van der Waals surface area contributed by atoms with E-state index in [0.29, 0.717) is 48.3 Å². The first-order valence-corrected chi connectivity index (χ1v) is 10.2. The zero-order valence-corrected chi connectivity index (χ0v) is 18.3. The fraction of sp³-hybridized carbons (Fsp3) is 0.455. The van der Waals surface area contributed by atoms with Crippen LogP contribution in [0.25, 0.3) is 10.9 Å². The quantitative estimate of drug-likeness (QED) is 0.613. The third-order valence-electron chi connectivity index (χ3n) is 5.42. The lowest BCUT2D eigenvalue weighted by Gasteiger charge is -2.11. The van der Waals surface area contributed by atoms with Crippen LogP contribution in [0.2, 0.25) is 0 Å². The highest BCUT2D eigenvalue weighted by Crippen LogP contribution is 2.15. The number of hydrogen-bond donors (Lipinski definition) is 1. The van der Waals surface area contributed by atoms with Crippen molar-refractivity contribution in [2.24, 2.45) is 0 Å². The Balaban J connectivity index is 1.79. The summed E-state index contributed by atoms with van der Waals surface area (Å²) < 4.78 is 8.60. The van der Waals surface area contributed by atoms with Crippen LogP contribution in [0.15, 0.2) is 23.1 Å². The normalized spacial score (nSPS) is 11.2. The fourth-order valence-electron chi connectivity index (χ4n) is 3.70. The Morgan fingerprint density at radius 2 is 2.00 bits per heavy atom. The monoisotopic (exact) mass is 411 g/mol. The summed E-state index contributed by atoms with van der Waals surface area (Å²) in [6.07, 6.45) is 2.41. The second-order valence-corrected chi connectivity index (χ2v) is 7.33. The predicted molar refractivity (Wildman–Crippen MR) is 116 cm³/mol. The SMILES string of the molecule is CCn1nc(C)c(CCNC(=O)c2cc3c(=O)n(CCOC)ccc3nc2C)c1C. The number of pyridine rings is 2. The van der Waals surface area contributed by atoms with Crippen LogP contribution in [0.5, 0.6) is 0 Å². The van der Waals surface area contributed by atoms with Crippen molar-refractivity contribution in [1.29, 1.82) is 0 Å². The van der Waals surface area contributed by atoms with E-state index in [4.69, 9.17) is 4.74 Å². The molecule has 30 heavy (non-hydrogen) atoms. The van der Waals surface area contributed by atoms with E-state index in [1.165, 1.54) is 0 Å². The van der Waals surface area contributed by atoms with Gasteiger partial charge in [-0.1, -0.05) is 0 Å². The van der Waals surface area contributed by atoms with Crippen LogP contribution in [0.1, 0.15) is 39.9 Å². The molecule has 1 N–H and O–H groups in total. The predicted octanol–water partition coefficient (Wildman–Crippen LogP) is 2.16. The summed E-state index contributed by atoms with van der Waals surface area (Å²) in [7, 11) is 1.59. The van der Waals surface area contributed by atoms with Gasteiger partial charge in [-0.2, -0.15) is 5.10 Å². The summed E-state index contributed by atoms with van der Waals surface area (Å²) in [5.41, 5.74) is 4.70. The number of rotatable bonds is 8. The number of nitrogens with one attached hydrogen (secondary N) is 1. The Labute approximate surface area is 175 Å². The van der Waals surface area contributed by atoms with Gasteiger partial charge in [0, 0.05) is 38.6 Å². The number of amides is 1. The maximum Gasteiger partial charge on any atom is 0.260 e. The first kappa shape index (κ1) is 21.7. The van der Waals surface area contributed by atoms with E-state index in [-0.39, 0.29) is 11.5 Å². The van der Waals surface area contributed by atoms with Gasteiger partial charge in [-0.3, -0.25) is 19.3 Å². The van der Waals surface area contributed by atoms with Gasteiger partial charge in [0.2, 0.25) is 0 Å². The van der Waals surface area contributed by atoms with Crippen LogP contribution < -0.4 is 10.9 Å². The summed E-state index contributed by atoms with van der Waals surface area (Å²) >= 11 is 0. The van der Waals surface area contributed by atoms with Crippen LogP contribution in [0.3, 0.4) is 0 Å². The van der Waals surface area contributed by atoms with Crippen LogP contribution >= 0.6 is 0 Å². The zero-order chi connectivity index (χ0) is 21.8. The lowest BCUT2D eigenvalue weighted by molar-refractivity contribution is 0.0953. The van der Waals surface area contributed by atoms with Crippen LogP contribution in [-0.2, 0) is 24.2 Å². The van der Waals surface area contributed by atoms with Crippen molar-refractivity contribution in [2.75, 3.05) is 20.3 Å². The molecule has 0 aromatic carbocycles. The Morgan fingerprint density at radius 3 is 2.67 bits per heavy atom. The number of aryl methyl sites for hydroxylation is 3. The first-order valence-electron chi connectivity index (χ1n) is 10.2. The maximum absolute atomic E-state index is 12.8. The van der Waals surface area contributed by atoms with Gasteiger partial charge < -0.3 is 14.6 Å². The van der Waals surface area contributed by atoms with Crippen molar-refractivity contribution in [2.45, 2.75) is 47.2 Å². The minimum atomic E-state index is -0.230. The first-order chi connectivity index (χ1) is 14.4. The van der Waals surface area contributed by atoms with Crippen LogP contribution in [0.4, 0.5) is 0 Å². The summed E-state index contributed by atoms with van der Waals surface area (Å²) in [5.74, 6) is -0.230. The van der Waals surface area contributed by atoms with E-state index in [9.17, 15) is 9.59 Å². The van der Waals surface area contributed by atoms with Gasteiger partial charge in [-0.25, -0.2) is 0 Å². The molecule has 0 radical (unpaired) electrons. The average molecular weight is 412 g/mol. The van der Waals surface area contributed by atoms with Gasteiger partial charge in [0.1, 0.15) is 0 Å². The Hall–Kier alpha value is -3.00. The lowest BCUT2D eigenvalue weighted by Crippen LogP contribution is -2.28. The molecule has 0 bridgehead atoms. The van der Waals surface area contributed by atoms with Crippen molar-refractivity contribution >= 4 is 16.8 Å². The topological polar surface area (TPSA) is 91.0 Å². The third kappa shape index (κ3) is 4.28. The van der Waals surface area contributed by atoms with Crippen molar-refractivity contribution in [3.63, 3.8) is 0 Å². The largest absolute Gasteiger partial charge is 0.383 e. The Kier molecular flexibility index (Phi) is 6.66. The van der Waals surface area contributed by atoms with Crippen LogP contribution in [0, 0.1) is 20.8 Å². The summed E-state index contributed by atoms with van der Waals surface area (Å²) in [6, 6.07) is 3.43. The van der Waals surface area contributed by atoms with Crippen molar-refractivity contribution in [3.05, 3.63) is 56.9 Å². The minimum absolute atomic E-state index is 0.177. The molecule has 1 amide bonds. The molecule has 0 saturated carbocycles. The second-order valence-electron chi connectivity index (χ2n) is 7.33. The number of carbonyl (C=O) groups is 1. The van der Waals surface area contributed by atoms with Crippen LogP contribution in [-0.4, -0.2) is 45.5 Å². The highest BCUT2D eigenvalue weighted by Gasteiger charge is 2.15. The summed E-state index contributed by atoms with van der Waals surface area (Å²) in [6.45, 7) is 10.1. The number of hydrogen-bond acceptors (Lipinski definition) is 5. The van der Waals surface area contributed by atoms with Gasteiger partial charge >= 0.3 is 0 Å². The van der Waals surface area contributed by atoms with E-state index >= 15 is 0 Å². The van der Waals surface area contributed by atoms with E-state index in [1.54, 1.807) is 36.9 Å². The molecule has 0 unspecified atom stereocenters. The molecule has 0 fully saturated rings. The van der Waals surface area contributed by atoms with Crippen molar-refractivity contribution in [1.82, 2.24) is 24.6 Å². The number of aromatic nitrogens is 4. The zero-order valence-electron chi connectivity index (χ0n) is 18.3. The Bertz CT molecular complexity index is 1130. The molecule has 0 atom stereocenters. The molecule has 8 nitrogen and oxygen atoms in total. The smallest absolute Gasteiger partial charge is 0.260 e. The standard InChI is InChI=1S/C22H29N5O3/c1-6-27-16(4)17(15(3)25-27)7-9-23-21(28)18-13-19-20(24-14(18)2)8-10-26(22(19)29)11-12-30-5/h8,10,13H,6-7,9,11-12H2,1-5H3,(H,23,28). The van der Waals surface area contributed by atoms with Gasteiger partial charge in [0.15, 0.2) is 0 Å². The van der Waals surface area contributed by atoms with Crippen molar-refractivity contribution in [3.8, 4) is 0 Å². The molecule has 0 aliphatic rings. The average Bonchev–Trinajstić information content (AvgIpc) is 3.00. The lowest BCUT2D eigenvalue weighted by atomic mass is 10.1. The number of fused-ring (bicyclic) bond motifs is 1. The third-order valence-corrected chi connectivity index (χ3v) is 5.42. The summed E-state index contributed by atoms with van der Waals surface area (Å²) in [4.78, 5) is 30.0. The Morgan fingerprint density at radius 1 is 1.23 bits per heavy atom. The number of methoxy groups -OCH3 is 1. The molecule has 0 saturated heterocycles. The van der Waals surface area contributed by atoms with Gasteiger partial charge in [0.25, 0.3) is 11.5 Å². The van der Waals surface area contributed by atoms with E-state index in [2.05, 4.69) is 22.3 Å². The van der Waals surface area contributed by atoms with Crippen molar-refractivity contribution < 1.29 is 9.53 Å². The molecule has 3 aromatic heterocycles. The minimum Gasteiger partial charge on any atom is -0.383 e. The highest BCUT2D eigenvalue weighted by atomic mass is 16.5. The van der Waals surface area contributed by atoms with E-state index in [1.807, 2.05) is 18.5 Å². The molecule has 3 rings (SSSR count). The molecule has 0 aliphatic carbocycles. The van der Waals surface area contributed by atoms with E-state index < -0.39 is 0 Å².